The molecule has 0 saturated carbocycles. The van der Waals surface area contributed by atoms with Crippen molar-refractivity contribution in [1.29, 1.82) is 0 Å². The summed E-state index contributed by atoms with van der Waals surface area (Å²) in [6.45, 7) is 4.45. The summed E-state index contributed by atoms with van der Waals surface area (Å²) in [7, 11) is 5.38. The van der Waals surface area contributed by atoms with Crippen LogP contribution in [0.15, 0.2) is 72.9 Å². The van der Waals surface area contributed by atoms with Crippen molar-refractivity contribution in [3.8, 4) is 0 Å². The van der Waals surface area contributed by atoms with Gasteiger partial charge in [-0.2, -0.15) is 0 Å². The Kier molecular flexibility index (Phi) is 37.3. The van der Waals surface area contributed by atoms with Crippen molar-refractivity contribution in [3.05, 3.63) is 72.9 Å². The third kappa shape index (κ3) is 38.1. The lowest BCUT2D eigenvalue weighted by Crippen LogP contribution is -2.55. The summed E-state index contributed by atoms with van der Waals surface area (Å²) < 4.78 is 17.1. The maximum atomic E-state index is 12.7. The first kappa shape index (κ1) is 53.8. The summed E-state index contributed by atoms with van der Waals surface area (Å²) in [5.74, 6) is -1.85. The Morgan fingerprint density at radius 2 is 1.02 bits per heavy atom. The highest BCUT2D eigenvalue weighted by Crippen LogP contribution is 2.13. The molecule has 0 aromatic carbocycles. The zero-order chi connectivity index (χ0) is 42.1. The smallest absolute Gasteiger partial charge is 0.306 e. The van der Waals surface area contributed by atoms with Crippen LogP contribution in [0.3, 0.4) is 0 Å². The van der Waals surface area contributed by atoms with Gasteiger partial charge in [-0.05, 0) is 70.6 Å². The Morgan fingerprint density at radius 1 is 0.544 bits per heavy atom. The van der Waals surface area contributed by atoms with Gasteiger partial charge in [0.1, 0.15) is 12.6 Å². The van der Waals surface area contributed by atoms with Gasteiger partial charge in [0.15, 0.2) is 6.10 Å². The van der Waals surface area contributed by atoms with E-state index in [4.69, 9.17) is 14.2 Å². The molecular weight excluding hydrogens is 715 g/mol. The Hall–Kier alpha value is -3.23. The van der Waals surface area contributed by atoms with Gasteiger partial charge in [0.05, 0.1) is 40.3 Å². The van der Waals surface area contributed by atoms with Gasteiger partial charge in [-0.3, -0.25) is 9.59 Å². The number of carbonyl (C=O) groups excluding carboxylic acids is 3. The molecule has 0 heterocycles. The number of quaternary nitrogens is 1. The van der Waals surface area contributed by atoms with Crippen molar-refractivity contribution < 1.29 is 38.2 Å². The number of likely N-dealkylation sites (N-methyl/N-ethyl adjacent to an activating group) is 1. The molecule has 0 saturated heterocycles. The van der Waals surface area contributed by atoms with Gasteiger partial charge < -0.3 is 28.6 Å². The Labute approximate surface area is 349 Å². The topological polar surface area (TPSA) is 102 Å². The minimum atomic E-state index is -1.14. The molecule has 326 valence electrons. The van der Waals surface area contributed by atoms with Crippen LogP contribution in [0.4, 0.5) is 0 Å². The summed E-state index contributed by atoms with van der Waals surface area (Å²) in [5, 5.41) is 11.6. The van der Waals surface area contributed by atoms with E-state index in [0.29, 0.717) is 12.8 Å². The predicted molar refractivity (Wildman–Crippen MR) is 235 cm³/mol. The number of hydrogen-bond acceptors (Lipinski definition) is 7. The zero-order valence-electron chi connectivity index (χ0n) is 37.0. The number of carboxylic acids is 1. The van der Waals surface area contributed by atoms with E-state index in [1.807, 2.05) is 12.2 Å². The van der Waals surface area contributed by atoms with E-state index in [-0.39, 0.29) is 49.1 Å². The Morgan fingerprint density at radius 3 is 1.53 bits per heavy atom. The standard InChI is InChI=1S/C49H83NO7/c1-6-8-10-12-14-16-18-20-22-24-26-28-30-32-34-36-38-40-48(52)57-45(43-55-42-41-46(49(53)54)50(3,4)5)44-56-47(51)39-37-35-33-31-29-27-25-23-21-19-17-15-13-11-9-7-2/h9,11,15,17,20-23,27,29,33,35,45-46H,6-8,10,12-14,16,18-19,24-26,28,30-32,34,36-44H2,1-5H3/b11-9+,17-15+,22-20+,23-21+,29-27+,35-33+. The maximum absolute atomic E-state index is 12.7. The van der Waals surface area contributed by atoms with E-state index < -0.39 is 18.1 Å². The summed E-state index contributed by atoms with van der Waals surface area (Å²) in [4.78, 5) is 36.8. The number of esters is 2. The number of allylic oxidation sites excluding steroid dienone is 12. The average molecular weight is 798 g/mol. The minimum Gasteiger partial charge on any atom is -0.544 e. The highest BCUT2D eigenvalue weighted by molar-refractivity contribution is 5.70. The number of carboxylic acid groups (broad SMARTS) is 1. The van der Waals surface area contributed by atoms with Crippen molar-refractivity contribution in [2.75, 3.05) is 41.0 Å². The summed E-state index contributed by atoms with van der Waals surface area (Å²) in [5.41, 5.74) is 0. The summed E-state index contributed by atoms with van der Waals surface area (Å²) >= 11 is 0. The lowest BCUT2D eigenvalue weighted by molar-refractivity contribution is -0.889. The molecule has 0 radical (unpaired) electrons. The van der Waals surface area contributed by atoms with Crippen LogP contribution in [0, 0.1) is 0 Å². The molecule has 0 N–H and O–H groups in total. The van der Waals surface area contributed by atoms with Gasteiger partial charge in [-0.15, -0.1) is 0 Å². The highest BCUT2D eigenvalue weighted by Gasteiger charge is 2.25. The van der Waals surface area contributed by atoms with Gasteiger partial charge in [-0.1, -0.05) is 151 Å². The molecule has 0 aromatic heterocycles. The molecule has 2 unspecified atom stereocenters. The molecule has 57 heavy (non-hydrogen) atoms. The summed E-state index contributed by atoms with van der Waals surface area (Å²) in [6.07, 6.45) is 49.4. The monoisotopic (exact) mass is 798 g/mol. The van der Waals surface area contributed by atoms with E-state index in [1.165, 1.54) is 77.0 Å². The number of ether oxygens (including phenoxy) is 3. The van der Waals surface area contributed by atoms with Gasteiger partial charge in [0.2, 0.25) is 0 Å². The first-order valence-corrected chi connectivity index (χ1v) is 22.5. The predicted octanol–water partition coefficient (Wildman–Crippen LogP) is 11.0. The molecule has 0 spiro atoms. The van der Waals surface area contributed by atoms with Crippen LogP contribution in [0.25, 0.3) is 0 Å². The minimum absolute atomic E-state index is 0.0128. The molecule has 0 bridgehead atoms. The number of nitrogens with zero attached hydrogens (tertiary/aromatic N) is 1. The van der Waals surface area contributed by atoms with Crippen LogP contribution in [0.2, 0.25) is 0 Å². The first-order chi connectivity index (χ1) is 27.6. The van der Waals surface area contributed by atoms with Crippen LogP contribution < -0.4 is 5.11 Å². The molecule has 0 aliphatic heterocycles. The number of aliphatic carboxylic acids is 1. The van der Waals surface area contributed by atoms with Gasteiger partial charge in [0, 0.05) is 19.3 Å². The van der Waals surface area contributed by atoms with E-state index in [9.17, 15) is 19.5 Å². The number of hydrogen-bond donors (Lipinski definition) is 0. The quantitative estimate of drug-likeness (QED) is 0.0264. The van der Waals surface area contributed by atoms with Crippen molar-refractivity contribution in [3.63, 3.8) is 0 Å². The van der Waals surface area contributed by atoms with E-state index in [0.717, 1.165) is 51.4 Å². The Bertz CT molecular complexity index is 1160. The number of unbranched alkanes of at least 4 members (excludes halogenated alkanes) is 13. The van der Waals surface area contributed by atoms with E-state index in [2.05, 4.69) is 74.6 Å². The van der Waals surface area contributed by atoms with Gasteiger partial charge in [0.25, 0.3) is 0 Å². The second-order valence-corrected chi connectivity index (χ2v) is 15.9. The van der Waals surface area contributed by atoms with E-state index in [1.54, 1.807) is 21.1 Å². The van der Waals surface area contributed by atoms with Crippen molar-refractivity contribution >= 4 is 17.9 Å². The molecule has 0 aliphatic carbocycles. The average Bonchev–Trinajstić information content (AvgIpc) is 3.17. The van der Waals surface area contributed by atoms with Crippen molar-refractivity contribution in [1.82, 2.24) is 0 Å². The van der Waals surface area contributed by atoms with Crippen LogP contribution in [0.5, 0.6) is 0 Å². The molecule has 0 fully saturated rings. The fourth-order valence-electron chi connectivity index (χ4n) is 6.11. The Balaban J connectivity index is 4.45. The second kappa shape index (κ2) is 39.6. The third-order valence-corrected chi connectivity index (χ3v) is 9.59. The normalized spacial score (nSPS) is 13.6. The largest absolute Gasteiger partial charge is 0.544 e. The molecule has 0 aromatic rings. The zero-order valence-corrected chi connectivity index (χ0v) is 37.0. The second-order valence-electron chi connectivity index (χ2n) is 15.9. The van der Waals surface area contributed by atoms with Crippen molar-refractivity contribution in [2.45, 2.75) is 180 Å². The molecule has 8 nitrogen and oxygen atoms in total. The molecule has 0 aliphatic rings. The highest BCUT2D eigenvalue weighted by atomic mass is 16.6. The fraction of sp³-hybridized carbons (Fsp3) is 0.694. The molecular formula is C49H83NO7. The lowest BCUT2D eigenvalue weighted by atomic mass is 10.1. The van der Waals surface area contributed by atoms with Crippen LogP contribution in [0.1, 0.15) is 168 Å². The third-order valence-electron chi connectivity index (χ3n) is 9.59. The van der Waals surface area contributed by atoms with Crippen LogP contribution in [-0.2, 0) is 28.6 Å². The SMILES string of the molecule is CC/C=C/C/C=C/C/C=C/C/C=C/C/C=C/CCC(=O)OCC(COCCC(C(=O)[O-])[N+](C)(C)C)OC(=O)CCCCCCCCC/C=C/CCCCCCCC. The molecule has 8 heteroatoms. The maximum Gasteiger partial charge on any atom is 0.306 e. The molecule has 2 atom stereocenters. The summed E-state index contributed by atoms with van der Waals surface area (Å²) in [6, 6.07) is -0.740. The number of carbonyl (C=O) groups is 3. The first-order valence-electron chi connectivity index (χ1n) is 22.5. The lowest BCUT2D eigenvalue weighted by Gasteiger charge is -2.34. The van der Waals surface area contributed by atoms with Crippen molar-refractivity contribution in [2.24, 2.45) is 0 Å². The van der Waals surface area contributed by atoms with E-state index >= 15 is 0 Å². The van der Waals surface area contributed by atoms with Gasteiger partial charge in [-0.25, -0.2) is 0 Å². The molecule has 0 amide bonds. The van der Waals surface area contributed by atoms with Gasteiger partial charge >= 0.3 is 11.9 Å². The van der Waals surface area contributed by atoms with Crippen LogP contribution >= 0.6 is 0 Å². The number of rotatable bonds is 39. The van der Waals surface area contributed by atoms with Crippen LogP contribution in [-0.4, -0.2) is 75.5 Å². The fourth-order valence-corrected chi connectivity index (χ4v) is 6.11. The molecule has 0 rings (SSSR count).